The molecule has 1 aliphatic rings. The van der Waals surface area contributed by atoms with Gasteiger partial charge in [0.15, 0.2) is 0 Å². The molecule has 1 atom stereocenters. The number of nitrogens with two attached hydrogens (primary N) is 1. The highest BCUT2D eigenvalue weighted by Gasteiger charge is 2.20. The summed E-state index contributed by atoms with van der Waals surface area (Å²) in [4.78, 5) is 0. The van der Waals surface area contributed by atoms with Gasteiger partial charge in [0.1, 0.15) is 0 Å². The van der Waals surface area contributed by atoms with Crippen LogP contribution in [0.4, 0.5) is 0 Å². The maximum absolute atomic E-state index is 5.75. The zero-order chi connectivity index (χ0) is 10.8. The van der Waals surface area contributed by atoms with Crippen LogP contribution in [0, 0.1) is 13.8 Å². The largest absolute Gasteiger partial charge is 0.326 e. The molecule has 0 amide bonds. The summed E-state index contributed by atoms with van der Waals surface area (Å²) in [5.41, 5.74) is 11.4. The predicted octanol–water partition coefficient (Wildman–Crippen LogP) is 1.84. The number of aryl methyl sites for hydroxylation is 1. The van der Waals surface area contributed by atoms with E-state index in [1.54, 1.807) is 0 Å². The Hall–Kier alpha value is -0.860. The Morgan fingerprint density at radius 3 is 2.80 bits per heavy atom. The molecule has 2 rings (SSSR count). The second-order valence-corrected chi connectivity index (χ2v) is 4.47. The van der Waals surface area contributed by atoms with E-state index >= 15 is 0 Å². The van der Waals surface area contributed by atoms with Crippen LogP contribution in [0.25, 0.3) is 0 Å². The van der Waals surface area contributed by atoms with Gasteiger partial charge in [0.05, 0.1) is 0 Å². The molecular formula is C13H20N2. The summed E-state index contributed by atoms with van der Waals surface area (Å²) < 4.78 is 0. The van der Waals surface area contributed by atoms with E-state index in [-0.39, 0.29) is 0 Å². The molecule has 1 saturated heterocycles. The molecule has 0 aromatic heterocycles. The van der Waals surface area contributed by atoms with E-state index < -0.39 is 0 Å². The van der Waals surface area contributed by atoms with Crippen molar-refractivity contribution in [3.63, 3.8) is 0 Å². The van der Waals surface area contributed by atoms with Crippen LogP contribution in [0.3, 0.4) is 0 Å². The van der Waals surface area contributed by atoms with Gasteiger partial charge in [-0.3, -0.25) is 0 Å². The van der Waals surface area contributed by atoms with Crippen molar-refractivity contribution >= 4 is 0 Å². The van der Waals surface area contributed by atoms with Crippen molar-refractivity contribution in [2.45, 2.75) is 32.7 Å². The minimum absolute atomic E-state index is 0.652. The second kappa shape index (κ2) is 4.33. The van der Waals surface area contributed by atoms with Crippen LogP contribution in [-0.4, -0.2) is 13.1 Å². The fourth-order valence-electron chi connectivity index (χ4n) is 2.66. The van der Waals surface area contributed by atoms with E-state index in [1.807, 2.05) is 0 Å². The van der Waals surface area contributed by atoms with Gasteiger partial charge < -0.3 is 11.1 Å². The van der Waals surface area contributed by atoms with E-state index in [0.29, 0.717) is 12.5 Å². The fourth-order valence-corrected chi connectivity index (χ4v) is 2.66. The Bertz CT molecular complexity index is 352. The fraction of sp³-hybridized carbons (Fsp3) is 0.538. The lowest BCUT2D eigenvalue weighted by atomic mass is 9.87. The smallest absolute Gasteiger partial charge is 0.0180 e. The van der Waals surface area contributed by atoms with E-state index in [0.717, 1.165) is 13.1 Å². The lowest BCUT2D eigenvalue weighted by Gasteiger charge is -2.18. The third-order valence-electron chi connectivity index (χ3n) is 3.53. The number of nitrogens with one attached hydrogen (secondary N) is 1. The average molecular weight is 204 g/mol. The highest BCUT2D eigenvalue weighted by Crippen LogP contribution is 2.30. The normalized spacial score (nSPS) is 20.9. The summed E-state index contributed by atoms with van der Waals surface area (Å²) in [5.74, 6) is 0.691. The summed E-state index contributed by atoms with van der Waals surface area (Å²) in [7, 11) is 0. The molecule has 1 aromatic carbocycles. The van der Waals surface area contributed by atoms with E-state index in [4.69, 9.17) is 5.73 Å². The van der Waals surface area contributed by atoms with Gasteiger partial charge in [-0.05, 0) is 55.0 Å². The first-order valence-electron chi connectivity index (χ1n) is 5.73. The molecule has 1 unspecified atom stereocenters. The van der Waals surface area contributed by atoms with E-state index in [1.165, 1.54) is 28.7 Å². The number of hydrogen-bond acceptors (Lipinski definition) is 2. The van der Waals surface area contributed by atoms with E-state index in [9.17, 15) is 0 Å². The Morgan fingerprint density at radius 1 is 1.40 bits per heavy atom. The van der Waals surface area contributed by atoms with Gasteiger partial charge >= 0.3 is 0 Å². The van der Waals surface area contributed by atoms with Crippen LogP contribution < -0.4 is 11.1 Å². The van der Waals surface area contributed by atoms with Gasteiger partial charge in [0.2, 0.25) is 0 Å². The van der Waals surface area contributed by atoms with Gasteiger partial charge in [-0.25, -0.2) is 0 Å². The van der Waals surface area contributed by atoms with Gasteiger partial charge in [-0.1, -0.05) is 12.1 Å². The van der Waals surface area contributed by atoms with Gasteiger partial charge in [-0.15, -0.1) is 0 Å². The number of rotatable bonds is 2. The molecule has 0 radical (unpaired) electrons. The van der Waals surface area contributed by atoms with Crippen LogP contribution in [-0.2, 0) is 6.54 Å². The maximum Gasteiger partial charge on any atom is 0.0180 e. The summed E-state index contributed by atoms with van der Waals surface area (Å²) in [6.07, 6.45) is 1.26. The molecule has 1 fully saturated rings. The van der Waals surface area contributed by atoms with Gasteiger partial charge in [0, 0.05) is 13.1 Å². The first-order valence-corrected chi connectivity index (χ1v) is 5.73. The highest BCUT2D eigenvalue weighted by molar-refractivity contribution is 5.42. The Kier molecular flexibility index (Phi) is 3.08. The quantitative estimate of drug-likeness (QED) is 0.771. The summed E-state index contributed by atoms with van der Waals surface area (Å²) in [6, 6.07) is 4.37. The lowest BCUT2D eigenvalue weighted by Crippen LogP contribution is -2.11. The molecule has 82 valence electrons. The van der Waals surface area contributed by atoms with Gasteiger partial charge in [-0.2, -0.15) is 0 Å². The molecule has 0 aliphatic carbocycles. The average Bonchev–Trinajstić information content (AvgIpc) is 2.71. The van der Waals surface area contributed by atoms with E-state index in [2.05, 4.69) is 31.3 Å². The van der Waals surface area contributed by atoms with Crippen molar-refractivity contribution in [2.24, 2.45) is 5.73 Å². The third kappa shape index (κ3) is 1.92. The second-order valence-electron chi connectivity index (χ2n) is 4.47. The summed E-state index contributed by atoms with van der Waals surface area (Å²) in [6.45, 7) is 7.34. The molecule has 3 N–H and O–H groups in total. The number of benzene rings is 1. The predicted molar refractivity (Wildman–Crippen MR) is 64.0 cm³/mol. The zero-order valence-electron chi connectivity index (χ0n) is 9.64. The molecule has 1 aromatic rings. The first-order chi connectivity index (χ1) is 7.24. The standard InChI is InChI=1S/C13H20N2/c1-9-3-4-11(7-14)10(2)13(9)12-5-6-15-8-12/h3-4,12,15H,5-8,14H2,1-2H3. The van der Waals surface area contributed by atoms with Crippen LogP contribution in [0.1, 0.15) is 34.6 Å². The molecule has 1 aliphatic heterocycles. The Balaban J connectivity index is 2.43. The van der Waals surface area contributed by atoms with Crippen LogP contribution in [0.15, 0.2) is 12.1 Å². The van der Waals surface area contributed by atoms with Crippen molar-refractivity contribution in [1.29, 1.82) is 0 Å². The zero-order valence-corrected chi connectivity index (χ0v) is 9.64. The molecule has 0 saturated carbocycles. The van der Waals surface area contributed by atoms with Crippen LogP contribution in [0.2, 0.25) is 0 Å². The first kappa shape index (κ1) is 10.7. The maximum atomic E-state index is 5.75. The summed E-state index contributed by atoms with van der Waals surface area (Å²) >= 11 is 0. The molecule has 0 spiro atoms. The SMILES string of the molecule is Cc1ccc(CN)c(C)c1C1CCNC1. The molecule has 2 nitrogen and oxygen atoms in total. The Labute approximate surface area is 91.9 Å². The minimum Gasteiger partial charge on any atom is -0.326 e. The van der Waals surface area contributed by atoms with Crippen molar-refractivity contribution < 1.29 is 0 Å². The summed E-state index contributed by atoms with van der Waals surface area (Å²) in [5, 5.41) is 3.43. The molecule has 1 heterocycles. The van der Waals surface area contributed by atoms with Crippen LogP contribution in [0.5, 0.6) is 0 Å². The minimum atomic E-state index is 0.652. The molecule has 0 bridgehead atoms. The molecule has 2 heteroatoms. The highest BCUT2D eigenvalue weighted by atomic mass is 14.9. The molecule has 15 heavy (non-hydrogen) atoms. The van der Waals surface area contributed by atoms with Crippen molar-refractivity contribution in [3.05, 3.63) is 34.4 Å². The Morgan fingerprint density at radius 2 is 2.20 bits per heavy atom. The molecular weight excluding hydrogens is 184 g/mol. The third-order valence-corrected chi connectivity index (χ3v) is 3.53. The van der Waals surface area contributed by atoms with Crippen molar-refractivity contribution in [3.8, 4) is 0 Å². The van der Waals surface area contributed by atoms with Crippen molar-refractivity contribution in [1.82, 2.24) is 5.32 Å². The van der Waals surface area contributed by atoms with Crippen molar-refractivity contribution in [2.75, 3.05) is 13.1 Å². The number of hydrogen-bond donors (Lipinski definition) is 2. The van der Waals surface area contributed by atoms with Gasteiger partial charge in [0.25, 0.3) is 0 Å². The monoisotopic (exact) mass is 204 g/mol. The van der Waals surface area contributed by atoms with Crippen LogP contribution >= 0.6 is 0 Å². The topological polar surface area (TPSA) is 38.0 Å². The lowest BCUT2D eigenvalue weighted by molar-refractivity contribution is 0.747.